The first-order chi connectivity index (χ1) is 8.29. The van der Waals surface area contributed by atoms with Gasteiger partial charge in [0.05, 0.1) is 12.0 Å². The molecule has 0 atom stereocenters. The van der Waals surface area contributed by atoms with E-state index in [9.17, 15) is 0 Å². The van der Waals surface area contributed by atoms with Crippen LogP contribution in [0.4, 0.5) is 0 Å². The van der Waals surface area contributed by atoms with Crippen LogP contribution < -0.4 is 0 Å². The summed E-state index contributed by atoms with van der Waals surface area (Å²) in [7, 11) is 1.96. The lowest BCUT2D eigenvalue weighted by atomic mass is 10.2. The average Bonchev–Trinajstić information content (AvgIpc) is 2.81. The van der Waals surface area contributed by atoms with Crippen LogP contribution in [0.15, 0.2) is 12.5 Å². The lowest BCUT2D eigenvalue weighted by Crippen LogP contribution is -2.03. The average molecular weight is 242 g/mol. The van der Waals surface area contributed by atoms with E-state index in [-0.39, 0.29) is 0 Å². The Balaban J connectivity index is 0. The number of hydrogen-bond donors (Lipinski definition) is 0. The molecule has 1 aromatic heterocycles. The molecule has 0 amide bonds. The van der Waals surface area contributed by atoms with Crippen LogP contribution in [0.3, 0.4) is 0 Å². The highest BCUT2D eigenvalue weighted by atomic mass is 16.5. The molecule has 0 radical (unpaired) electrons. The summed E-state index contributed by atoms with van der Waals surface area (Å²) in [5.41, 5.74) is 1.07. The third kappa shape index (κ3) is 13.1. The molecule has 0 N–H and O–H groups in total. The number of aromatic nitrogens is 2. The van der Waals surface area contributed by atoms with Gasteiger partial charge in [0.25, 0.3) is 0 Å². The van der Waals surface area contributed by atoms with E-state index < -0.39 is 0 Å². The van der Waals surface area contributed by atoms with Crippen LogP contribution in [-0.4, -0.2) is 22.8 Å². The van der Waals surface area contributed by atoms with Crippen molar-refractivity contribution in [3.05, 3.63) is 18.2 Å². The molecule has 2 heterocycles. The topological polar surface area (TPSA) is 27.1 Å². The SMILES string of the molecule is C1CCOCC1.CC.CC.Cc1cn(C)cn1. The standard InChI is InChI=1S/C5H8N2.C5H10O.2C2H6/c1-5-3-7(2)4-6-5;1-2-4-6-5-3-1;2*1-2/h3-4H,1-2H3;1-5H2;2*1-2H3. The van der Waals surface area contributed by atoms with Crippen molar-refractivity contribution in [3.8, 4) is 0 Å². The molecule has 2 rings (SSSR count). The number of imidazole rings is 1. The van der Waals surface area contributed by atoms with Gasteiger partial charge >= 0.3 is 0 Å². The van der Waals surface area contributed by atoms with Gasteiger partial charge in [-0.2, -0.15) is 0 Å². The molecule has 3 nitrogen and oxygen atoms in total. The summed E-state index contributed by atoms with van der Waals surface area (Å²) in [4.78, 5) is 3.98. The molecular weight excluding hydrogens is 212 g/mol. The Kier molecular flexibility index (Phi) is 16.5. The largest absolute Gasteiger partial charge is 0.381 e. The molecule has 0 bridgehead atoms. The van der Waals surface area contributed by atoms with Gasteiger partial charge in [0.1, 0.15) is 0 Å². The maximum absolute atomic E-state index is 5.07. The fraction of sp³-hybridized carbons (Fsp3) is 0.786. The van der Waals surface area contributed by atoms with E-state index >= 15 is 0 Å². The molecule has 1 aliphatic heterocycles. The predicted molar refractivity (Wildman–Crippen MR) is 75.3 cm³/mol. The fourth-order valence-corrected chi connectivity index (χ4v) is 1.23. The van der Waals surface area contributed by atoms with Crippen LogP contribution in [0, 0.1) is 6.92 Å². The summed E-state index contributed by atoms with van der Waals surface area (Å²) >= 11 is 0. The number of ether oxygens (including phenoxy) is 1. The van der Waals surface area contributed by atoms with Gasteiger partial charge in [-0.05, 0) is 26.2 Å². The number of aryl methyl sites for hydroxylation is 2. The van der Waals surface area contributed by atoms with Crippen molar-refractivity contribution >= 4 is 0 Å². The molecule has 0 spiro atoms. The second-order valence-corrected chi connectivity index (χ2v) is 3.35. The number of nitrogens with zero attached hydrogens (tertiary/aromatic N) is 2. The molecule has 1 aromatic rings. The molecule has 17 heavy (non-hydrogen) atoms. The van der Waals surface area contributed by atoms with Crippen molar-refractivity contribution in [1.29, 1.82) is 0 Å². The van der Waals surface area contributed by atoms with Crippen molar-refractivity contribution < 1.29 is 4.74 Å². The summed E-state index contributed by atoms with van der Waals surface area (Å²) in [6, 6.07) is 0. The minimum Gasteiger partial charge on any atom is -0.381 e. The van der Waals surface area contributed by atoms with E-state index in [4.69, 9.17) is 4.74 Å². The molecule has 0 aromatic carbocycles. The zero-order chi connectivity index (χ0) is 13.5. The Morgan fingerprint density at radius 1 is 1.06 bits per heavy atom. The van der Waals surface area contributed by atoms with Crippen LogP contribution in [0.5, 0.6) is 0 Å². The van der Waals surface area contributed by atoms with E-state index in [1.54, 1.807) is 6.33 Å². The van der Waals surface area contributed by atoms with Crippen LogP contribution in [0.2, 0.25) is 0 Å². The van der Waals surface area contributed by atoms with E-state index in [0.29, 0.717) is 0 Å². The molecule has 0 saturated carbocycles. The zero-order valence-electron chi connectivity index (χ0n) is 12.5. The van der Waals surface area contributed by atoms with E-state index in [1.807, 2.05) is 52.4 Å². The third-order valence-corrected chi connectivity index (χ3v) is 1.91. The van der Waals surface area contributed by atoms with E-state index in [2.05, 4.69) is 4.98 Å². The quantitative estimate of drug-likeness (QED) is 0.688. The van der Waals surface area contributed by atoms with Crippen molar-refractivity contribution in [2.45, 2.75) is 53.9 Å². The number of rotatable bonds is 0. The van der Waals surface area contributed by atoms with Crippen molar-refractivity contribution in [2.75, 3.05) is 13.2 Å². The first-order valence-corrected chi connectivity index (χ1v) is 6.81. The van der Waals surface area contributed by atoms with Crippen molar-refractivity contribution in [3.63, 3.8) is 0 Å². The lowest BCUT2D eigenvalue weighted by molar-refractivity contribution is 0.0968. The van der Waals surface area contributed by atoms with Gasteiger partial charge in [-0.3, -0.25) is 0 Å². The Bertz CT molecular complexity index is 202. The highest BCUT2D eigenvalue weighted by molar-refractivity contribution is 4.90. The summed E-state index contributed by atoms with van der Waals surface area (Å²) in [6.45, 7) is 12.0. The monoisotopic (exact) mass is 242 g/mol. The maximum atomic E-state index is 5.07. The van der Waals surface area contributed by atoms with Crippen molar-refractivity contribution in [1.82, 2.24) is 9.55 Å². The summed E-state index contributed by atoms with van der Waals surface area (Å²) in [6.07, 6.45) is 7.69. The van der Waals surface area contributed by atoms with Gasteiger partial charge in [0, 0.05) is 26.5 Å². The molecule has 102 valence electrons. The van der Waals surface area contributed by atoms with Gasteiger partial charge in [0.2, 0.25) is 0 Å². The van der Waals surface area contributed by atoms with Gasteiger partial charge < -0.3 is 9.30 Å². The smallest absolute Gasteiger partial charge is 0.0946 e. The number of hydrogen-bond acceptors (Lipinski definition) is 2. The van der Waals surface area contributed by atoms with Gasteiger partial charge in [-0.1, -0.05) is 27.7 Å². The van der Waals surface area contributed by atoms with Crippen LogP contribution in [-0.2, 0) is 11.8 Å². The molecule has 0 unspecified atom stereocenters. The highest BCUT2D eigenvalue weighted by Crippen LogP contribution is 2.02. The van der Waals surface area contributed by atoms with Crippen LogP contribution in [0.1, 0.15) is 52.7 Å². The first-order valence-electron chi connectivity index (χ1n) is 6.81. The molecule has 1 saturated heterocycles. The molecular formula is C14H30N2O. The predicted octanol–water partition coefficient (Wildman–Crippen LogP) is 3.97. The summed E-state index contributed by atoms with van der Waals surface area (Å²) < 4.78 is 7.00. The minimum atomic E-state index is 1.00. The third-order valence-electron chi connectivity index (χ3n) is 1.91. The Hall–Kier alpha value is -0.830. The Morgan fingerprint density at radius 3 is 1.71 bits per heavy atom. The second-order valence-electron chi connectivity index (χ2n) is 3.35. The van der Waals surface area contributed by atoms with Gasteiger partial charge in [0.15, 0.2) is 0 Å². The summed E-state index contributed by atoms with van der Waals surface area (Å²) in [5, 5.41) is 0. The maximum Gasteiger partial charge on any atom is 0.0946 e. The van der Waals surface area contributed by atoms with Gasteiger partial charge in [-0.15, -0.1) is 0 Å². The fourth-order valence-electron chi connectivity index (χ4n) is 1.23. The first kappa shape index (κ1) is 18.5. The molecule has 1 aliphatic rings. The van der Waals surface area contributed by atoms with Crippen LogP contribution in [0.25, 0.3) is 0 Å². The zero-order valence-corrected chi connectivity index (χ0v) is 12.5. The summed E-state index contributed by atoms with van der Waals surface area (Å²) in [5.74, 6) is 0. The molecule has 0 aliphatic carbocycles. The van der Waals surface area contributed by atoms with Gasteiger partial charge in [-0.25, -0.2) is 4.98 Å². The normalized spacial score (nSPS) is 13.1. The second kappa shape index (κ2) is 15.2. The molecule has 3 heteroatoms. The lowest BCUT2D eigenvalue weighted by Gasteiger charge is -2.08. The van der Waals surface area contributed by atoms with E-state index in [1.165, 1.54) is 19.3 Å². The van der Waals surface area contributed by atoms with E-state index in [0.717, 1.165) is 18.9 Å². The minimum absolute atomic E-state index is 1.00. The molecule has 1 fully saturated rings. The Morgan fingerprint density at radius 2 is 1.59 bits per heavy atom. The van der Waals surface area contributed by atoms with Crippen molar-refractivity contribution in [2.24, 2.45) is 7.05 Å². The highest BCUT2D eigenvalue weighted by Gasteiger charge is 1.95. The van der Waals surface area contributed by atoms with Crippen LogP contribution >= 0.6 is 0 Å². The Labute approximate surface area is 107 Å².